The smallest absolute Gasteiger partial charge is 0.417 e. The highest BCUT2D eigenvalue weighted by molar-refractivity contribution is 6.06. The van der Waals surface area contributed by atoms with Gasteiger partial charge < -0.3 is 5.11 Å². The van der Waals surface area contributed by atoms with Crippen molar-refractivity contribution >= 4 is 17.4 Å². The molecule has 0 radical (unpaired) electrons. The number of nitro groups is 1. The highest BCUT2D eigenvalue weighted by Crippen LogP contribution is 2.34. The van der Waals surface area contributed by atoms with Crippen molar-refractivity contribution in [3.8, 4) is 0 Å². The number of nitrogens with zero attached hydrogens (tertiary/aromatic N) is 1. The first kappa shape index (κ1) is 14.6. The minimum Gasteiger partial charge on any atom is -0.481 e. The molecule has 6 nitrogen and oxygen atoms in total. The number of aliphatic carboxylic acids is 1. The number of carboxylic acids is 1. The van der Waals surface area contributed by atoms with Gasteiger partial charge >= 0.3 is 12.1 Å². The maximum Gasteiger partial charge on any atom is 0.417 e. The van der Waals surface area contributed by atoms with Crippen molar-refractivity contribution in [1.82, 2.24) is 0 Å². The first-order valence-electron chi connectivity index (χ1n) is 4.73. The van der Waals surface area contributed by atoms with Crippen LogP contribution in [0.25, 0.3) is 0 Å². The van der Waals surface area contributed by atoms with Crippen molar-refractivity contribution < 1.29 is 32.8 Å². The van der Waals surface area contributed by atoms with Crippen molar-refractivity contribution in [3.05, 3.63) is 39.4 Å². The number of Topliss-reactive ketones (excluding diaryl/α,β-unsaturated/α-hetero) is 1. The van der Waals surface area contributed by atoms with Crippen LogP contribution in [0.5, 0.6) is 0 Å². The molecule has 0 saturated carbocycles. The monoisotopic (exact) mass is 277 g/mol. The minimum atomic E-state index is -4.99. The highest BCUT2D eigenvalue weighted by Gasteiger charge is 2.37. The van der Waals surface area contributed by atoms with E-state index in [0.717, 1.165) is 0 Å². The van der Waals surface area contributed by atoms with Crippen molar-refractivity contribution in [2.45, 2.75) is 12.6 Å². The van der Waals surface area contributed by atoms with E-state index in [1.54, 1.807) is 0 Å². The zero-order chi connectivity index (χ0) is 14.8. The molecule has 0 saturated heterocycles. The Morgan fingerprint density at radius 3 is 2.32 bits per heavy atom. The van der Waals surface area contributed by atoms with Crippen LogP contribution in [0.3, 0.4) is 0 Å². The molecule has 0 aliphatic rings. The van der Waals surface area contributed by atoms with Gasteiger partial charge in [-0.15, -0.1) is 0 Å². The fraction of sp³-hybridized carbons (Fsp3) is 0.200. The maximum atomic E-state index is 12.7. The highest BCUT2D eigenvalue weighted by atomic mass is 19.4. The number of nitro benzene ring substituents is 1. The predicted molar refractivity (Wildman–Crippen MR) is 54.7 cm³/mol. The summed E-state index contributed by atoms with van der Waals surface area (Å²) in [5.74, 6) is -2.86. The zero-order valence-electron chi connectivity index (χ0n) is 9.10. The fourth-order valence-electron chi connectivity index (χ4n) is 1.36. The molecule has 1 aromatic rings. The van der Waals surface area contributed by atoms with Crippen LogP contribution in [-0.2, 0) is 11.0 Å². The van der Waals surface area contributed by atoms with E-state index in [1.165, 1.54) is 0 Å². The minimum absolute atomic E-state index is 0.203. The van der Waals surface area contributed by atoms with Crippen LogP contribution in [0.15, 0.2) is 18.2 Å². The fourth-order valence-corrected chi connectivity index (χ4v) is 1.36. The second-order valence-corrected chi connectivity index (χ2v) is 3.48. The average Bonchev–Trinajstić information content (AvgIpc) is 2.25. The third-order valence-corrected chi connectivity index (χ3v) is 2.13. The molecule has 0 atom stereocenters. The van der Waals surface area contributed by atoms with Gasteiger partial charge in [-0.3, -0.25) is 19.7 Å². The molecular formula is C10H6F3NO5. The van der Waals surface area contributed by atoms with Gasteiger partial charge in [0.25, 0.3) is 5.69 Å². The normalized spacial score (nSPS) is 11.1. The molecule has 0 spiro atoms. The molecule has 0 aromatic heterocycles. The van der Waals surface area contributed by atoms with Crippen LogP contribution in [-0.4, -0.2) is 21.8 Å². The molecule has 0 aliphatic heterocycles. The van der Waals surface area contributed by atoms with E-state index in [1.807, 2.05) is 0 Å². The van der Waals surface area contributed by atoms with Crippen molar-refractivity contribution in [2.75, 3.05) is 0 Å². The Balaban J connectivity index is 3.36. The second kappa shape index (κ2) is 5.04. The molecule has 0 aliphatic carbocycles. The lowest BCUT2D eigenvalue weighted by Gasteiger charge is -2.11. The Morgan fingerprint density at radius 1 is 1.32 bits per heavy atom. The summed E-state index contributed by atoms with van der Waals surface area (Å²) in [7, 11) is 0. The summed E-state index contributed by atoms with van der Waals surface area (Å²) in [4.78, 5) is 31.0. The lowest BCUT2D eigenvalue weighted by atomic mass is 10.0. The number of carbonyl (C=O) groups excluding carboxylic acids is 1. The van der Waals surface area contributed by atoms with Crippen LogP contribution in [0.4, 0.5) is 18.9 Å². The van der Waals surface area contributed by atoms with Crippen LogP contribution in [0.2, 0.25) is 0 Å². The third kappa shape index (κ3) is 3.50. The number of carboxylic acid groups (broad SMARTS) is 1. The van der Waals surface area contributed by atoms with E-state index in [0.29, 0.717) is 12.1 Å². The Labute approximate surface area is 103 Å². The quantitative estimate of drug-likeness (QED) is 0.394. The standard InChI is InChI=1S/C10H6F3NO5/c11-10(12,13)7-3-5(14(18)19)1-2-6(7)8(15)4-9(16)17/h1-3H,4H2,(H,16,17). The number of benzene rings is 1. The average molecular weight is 277 g/mol. The Hall–Kier alpha value is -2.45. The van der Waals surface area contributed by atoms with Crippen molar-refractivity contribution in [2.24, 2.45) is 0 Å². The number of ketones is 1. The van der Waals surface area contributed by atoms with Gasteiger partial charge in [-0.25, -0.2) is 0 Å². The SMILES string of the molecule is O=C(O)CC(=O)c1ccc([N+](=O)[O-])cc1C(F)(F)F. The maximum absolute atomic E-state index is 12.7. The van der Waals surface area contributed by atoms with Crippen molar-refractivity contribution in [3.63, 3.8) is 0 Å². The van der Waals surface area contributed by atoms with E-state index in [4.69, 9.17) is 5.11 Å². The molecule has 0 fully saturated rings. The number of carbonyl (C=O) groups is 2. The summed E-state index contributed by atoms with van der Waals surface area (Å²) >= 11 is 0. The second-order valence-electron chi connectivity index (χ2n) is 3.48. The topological polar surface area (TPSA) is 97.5 Å². The largest absolute Gasteiger partial charge is 0.481 e. The number of hydrogen-bond donors (Lipinski definition) is 1. The molecule has 9 heteroatoms. The molecule has 0 heterocycles. The van der Waals surface area contributed by atoms with Gasteiger partial charge in [-0.2, -0.15) is 13.2 Å². The van der Waals surface area contributed by atoms with E-state index >= 15 is 0 Å². The number of non-ortho nitro benzene ring substituents is 1. The van der Waals surface area contributed by atoms with Gasteiger partial charge in [0.15, 0.2) is 5.78 Å². The molecule has 0 amide bonds. The summed E-state index contributed by atoms with van der Waals surface area (Å²) in [6, 6.07) is 1.52. The van der Waals surface area contributed by atoms with Crippen molar-refractivity contribution in [1.29, 1.82) is 0 Å². The Morgan fingerprint density at radius 2 is 1.89 bits per heavy atom. The van der Waals surface area contributed by atoms with Gasteiger partial charge in [0.2, 0.25) is 0 Å². The summed E-state index contributed by atoms with van der Waals surface area (Å²) in [6.45, 7) is 0. The first-order chi connectivity index (χ1) is 8.62. The van der Waals surface area contributed by atoms with E-state index < -0.39 is 46.1 Å². The molecule has 0 bridgehead atoms. The Bertz CT molecular complexity index is 553. The van der Waals surface area contributed by atoms with Crippen LogP contribution in [0, 0.1) is 10.1 Å². The third-order valence-electron chi connectivity index (χ3n) is 2.13. The molecule has 1 rings (SSSR count). The summed E-state index contributed by atoms with van der Waals surface area (Å²) in [6.07, 6.45) is -6.11. The Kier molecular flexibility index (Phi) is 3.88. The van der Waals surface area contributed by atoms with Crippen LogP contribution in [0.1, 0.15) is 22.3 Å². The van der Waals surface area contributed by atoms with Gasteiger partial charge in [-0.05, 0) is 6.07 Å². The number of alkyl halides is 3. The predicted octanol–water partition coefficient (Wildman–Crippen LogP) is 2.27. The molecule has 102 valence electrons. The van der Waals surface area contributed by atoms with Gasteiger partial charge in [0, 0.05) is 17.7 Å². The number of rotatable bonds is 4. The molecule has 1 N–H and O–H groups in total. The van der Waals surface area contributed by atoms with Crippen LogP contribution >= 0.6 is 0 Å². The van der Waals surface area contributed by atoms with E-state index in [-0.39, 0.29) is 6.07 Å². The lowest BCUT2D eigenvalue weighted by molar-refractivity contribution is -0.385. The number of hydrogen-bond acceptors (Lipinski definition) is 4. The summed E-state index contributed by atoms with van der Waals surface area (Å²) in [5, 5.41) is 18.8. The summed E-state index contributed by atoms with van der Waals surface area (Å²) in [5.41, 5.74) is -3.26. The van der Waals surface area contributed by atoms with E-state index in [9.17, 15) is 32.9 Å². The molecule has 1 aromatic carbocycles. The molecule has 19 heavy (non-hydrogen) atoms. The van der Waals surface area contributed by atoms with Crippen LogP contribution < -0.4 is 0 Å². The molecular weight excluding hydrogens is 271 g/mol. The summed E-state index contributed by atoms with van der Waals surface area (Å²) < 4.78 is 38.0. The molecule has 0 unspecified atom stereocenters. The number of halogens is 3. The van der Waals surface area contributed by atoms with E-state index in [2.05, 4.69) is 0 Å². The first-order valence-corrected chi connectivity index (χ1v) is 4.73. The lowest BCUT2D eigenvalue weighted by Crippen LogP contribution is -2.15. The van der Waals surface area contributed by atoms with Gasteiger partial charge in [0.1, 0.15) is 6.42 Å². The van der Waals surface area contributed by atoms with Gasteiger partial charge in [-0.1, -0.05) is 0 Å². The van der Waals surface area contributed by atoms with Gasteiger partial charge in [0.05, 0.1) is 10.5 Å². The zero-order valence-corrected chi connectivity index (χ0v) is 9.10.